The van der Waals surface area contributed by atoms with Gasteiger partial charge in [-0.25, -0.2) is 0 Å². The van der Waals surface area contributed by atoms with Crippen molar-refractivity contribution in [2.24, 2.45) is 0 Å². The van der Waals surface area contributed by atoms with Gasteiger partial charge in [0.25, 0.3) is 0 Å². The smallest absolute Gasteiger partial charge is 0.231 e. The van der Waals surface area contributed by atoms with Gasteiger partial charge in [0.05, 0.1) is 12.7 Å². The van der Waals surface area contributed by atoms with E-state index in [1.165, 1.54) is 0 Å². The summed E-state index contributed by atoms with van der Waals surface area (Å²) in [6.45, 7) is 10.4. The van der Waals surface area contributed by atoms with Crippen LogP contribution in [0.25, 0.3) is 0 Å². The molecule has 0 amide bonds. The Labute approximate surface area is 121 Å². The molecule has 112 valence electrons. The maximum Gasteiger partial charge on any atom is 0.231 e. The minimum absolute atomic E-state index is 0.121. The summed E-state index contributed by atoms with van der Waals surface area (Å²) in [6.07, 6.45) is 1.22. The molecule has 2 rings (SSSR count). The Bertz CT molecular complexity index is 440. The molecule has 1 aliphatic heterocycles. The molecule has 1 heterocycles. The Kier molecular flexibility index (Phi) is 4.89. The number of benzene rings is 1. The van der Waals surface area contributed by atoms with Crippen LogP contribution in [0.5, 0.6) is 11.5 Å². The maximum absolute atomic E-state index is 5.97. The van der Waals surface area contributed by atoms with E-state index in [1.54, 1.807) is 0 Å². The monoisotopic (exact) mass is 279 g/mol. The van der Waals surface area contributed by atoms with Crippen LogP contribution in [0.3, 0.4) is 0 Å². The first-order valence-electron chi connectivity index (χ1n) is 7.23. The molecule has 0 aromatic heterocycles. The van der Waals surface area contributed by atoms with Gasteiger partial charge in [0, 0.05) is 12.1 Å². The SMILES string of the molecule is CCC(CNC(C)(C)C)OCc1ccc2c(c1)OCO2. The Morgan fingerprint density at radius 1 is 1.25 bits per heavy atom. The summed E-state index contributed by atoms with van der Waals surface area (Å²) in [5.74, 6) is 1.63. The first-order valence-corrected chi connectivity index (χ1v) is 7.23. The number of hydrogen-bond acceptors (Lipinski definition) is 4. The molecule has 0 spiro atoms. The minimum atomic E-state index is 0.121. The average molecular weight is 279 g/mol. The van der Waals surface area contributed by atoms with E-state index in [2.05, 4.69) is 33.0 Å². The van der Waals surface area contributed by atoms with Crippen molar-refractivity contribution >= 4 is 0 Å². The lowest BCUT2D eigenvalue weighted by atomic mass is 10.1. The highest BCUT2D eigenvalue weighted by molar-refractivity contribution is 5.44. The second-order valence-corrected chi connectivity index (χ2v) is 6.16. The van der Waals surface area contributed by atoms with Crippen LogP contribution in [0.15, 0.2) is 18.2 Å². The standard InChI is InChI=1S/C16H25NO3/c1-5-13(9-17-16(2,3)4)18-10-12-6-7-14-15(8-12)20-11-19-14/h6-8,13,17H,5,9-11H2,1-4H3. The molecule has 0 radical (unpaired) electrons. The van der Waals surface area contributed by atoms with Crippen LogP contribution in [0.2, 0.25) is 0 Å². The van der Waals surface area contributed by atoms with E-state index in [1.807, 2.05) is 18.2 Å². The summed E-state index contributed by atoms with van der Waals surface area (Å²) in [7, 11) is 0. The van der Waals surface area contributed by atoms with E-state index < -0.39 is 0 Å². The molecule has 1 N–H and O–H groups in total. The molecule has 0 aliphatic carbocycles. The number of ether oxygens (including phenoxy) is 3. The van der Waals surface area contributed by atoms with Crippen LogP contribution in [0.4, 0.5) is 0 Å². The van der Waals surface area contributed by atoms with Gasteiger partial charge in [0.2, 0.25) is 6.79 Å². The van der Waals surface area contributed by atoms with Gasteiger partial charge in [-0.15, -0.1) is 0 Å². The molecule has 4 nitrogen and oxygen atoms in total. The highest BCUT2D eigenvalue weighted by atomic mass is 16.7. The zero-order valence-electron chi connectivity index (χ0n) is 12.9. The largest absolute Gasteiger partial charge is 0.454 e. The Balaban J connectivity index is 1.83. The molecule has 0 saturated heterocycles. The molecule has 1 atom stereocenters. The zero-order valence-corrected chi connectivity index (χ0v) is 12.9. The molecular weight excluding hydrogens is 254 g/mol. The van der Waals surface area contributed by atoms with Crippen molar-refractivity contribution < 1.29 is 14.2 Å². The molecule has 0 fully saturated rings. The van der Waals surface area contributed by atoms with Gasteiger partial charge >= 0.3 is 0 Å². The molecule has 0 bridgehead atoms. The Hall–Kier alpha value is -1.26. The highest BCUT2D eigenvalue weighted by Gasteiger charge is 2.15. The van der Waals surface area contributed by atoms with Gasteiger partial charge in [-0.3, -0.25) is 0 Å². The summed E-state index contributed by atoms with van der Waals surface area (Å²) in [5.41, 5.74) is 1.23. The number of fused-ring (bicyclic) bond motifs is 1. The van der Waals surface area contributed by atoms with Crippen LogP contribution in [0.1, 0.15) is 39.7 Å². The summed E-state index contributed by atoms with van der Waals surface area (Å²) < 4.78 is 16.7. The lowest BCUT2D eigenvalue weighted by Crippen LogP contribution is -2.41. The van der Waals surface area contributed by atoms with Crippen LogP contribution >= 0.6 is 0 Å². The van der Waals surface area contributed by atoms with Crippen molar-refractivity contribution in [2.75, 3.05) is 13.3 Å². The molecule has 1 aliphatic rings. The quantitative estimate of drug-likeness (QED) is 0.868. The van der Waals surface area contributed by atoms with Crippen molar-refractivity contribution in [3.05, 3.63) is 23.8 Å². The van der Waals surface area contributed by atoms with E-state index in [-0.39, 0.29) is 11.6 Å². The molecule has 4 heteroatoms. The summed E-state index contributed by atoms with van der Waals surface area (Å²) >= 11 is 0. The first-order chi connectivity index (χ1) is 9.48. The van der Waals surface area contributed by atoms with Gasteiger partial charge < -0.3 is 19.5 Å². The lowest BCUT2D eigenvalue weighted by Gasteiger charge is -2.25. The topological polar surface area (TPSA) is 39.7 Å². The minimum Gasteiger partial charge on any atom is -0.454 e. The Morgan fingerprint density at radius 3 is 2.70 bits per heavy atom. The second kappa shape index (κ2) is 6.46. The molecule has 1 aromatic carbocycles. The normalized spacial score (nSPS) is 15.4. The van der Waals surface area contributed by atoms with Crippen molar-refractivity contribution in [3.8, 4) is 11.5 Å². The molecule has 1 aromatic rings. The summed E-state index contributed by atoms with van der Waals surface area (Å²) in [6, 6.07) is 5.96. The third-order valence-corrected chi connectivity index (χ3v) is 3.24. The van der Waals surface area contributed by atoms with E-state index in [0.717, 1.165) is 30.0 Å². The summed E-state index contributed by atoms with van der Waals surface area (Å²) in [4.78, 5) is 0. The van der Waals surface area contributed by atoms with E-state index in [9.17, 15) is 0 Å². The van der Waals surface area contributed by atoms with Gasteiger partial charge in [-0.05, 0) is 44.9 Å². The number of hydrogen-bond donors (Lipinski definition) is 1. The molecule has 0 saturated carbocycles. The van der Waals surface area contributed by atoms with Crippen LogP contribution in [-0.4, -0.2) is 25.0 Å². The molecular formula is C16H25NO3. The van der Waals surface area contributed by atoms with Gasteiger partial charge in [0.15, 0.2) is 11.5 Å². The van der Waals surface area contributed by atoms with E-state index >= 15 is 0 Å². The fraction of sp³-hybridized carbons (Fsp3) is 0.625. The predicted octanol–water partition coefficient (Wildman–Crippen LogP) is 3.10. The molecule has 20 heavy (non-hydrogen) atoms. The third-order valence-electron chi connectivity index (χ3n) is 3.24. The number of rotatable bonds is 6. The van der Waals surface area contributed by atoms with Crippen LogP contribution in [0, 0.1) is 0 Å². The van der Waals surface area contributed by atoms with Crippen LogP contribution < -0.4 is 14.8 Å². The van der Waals surface area contributed by atoms with Gasteiger partial charge in [-0.2, -0.15) is 0 Å². The first kappa shape index (κ1) is 15.1. The number of nitrogens with one attached hydrogen (secondary N) is 1. The van der Waals surface area contributed by atoms with Gasteiger partial charge in [0.1, 0.15) is 0 Å². The van der Waals surface area contributed by atoms with E-state index in [0.29, 0.717) is 13.4 Å². The van der Waals surface area contributed by atoms with E-state index in [4.69, 9.17) is 14.2 Å². The average Bonchev–Trinajstić information content (AvgIpc) is 2.85. The van der Waals surface area contributed by atoms with Crippen molar-refractivity contribution in [1.29, 1.82) is 0 Å². The van der Waals surface area contributed by atoms with Crippen molar-refractivity contribution in [3.63, 3.8) is 0 Å². The van der Waals surface area contributed by atoms with Gasteiger partial charge in [-0.1, -0.05) is 13.0 Å². The predicted molar refractivity (Wildman–Crippen MR) is 79.2 cm³/mol. The van der Waals surface area contributed by atoms with Crippen molar-refractivity contribution in [2.45, 2.75) is 52.4 Å². The third kappa shape index (κ3) is 4.39. The lowest BCUT2D eigenvalue weighted by molar-refractivity contribution is 0.0345. The zero-order chi connectivity index (χ0) is 14.6. The fourth-order valence-electron chi connectivity index (χ4n) is 1.99. The van der Waals surface area contributed by atoms with Crippen molar-refractivity contribution in [1.82, 2.24) is 5.32 Å². The summed E-state index contributed by atoms with van der Waals surface area (Å²) in [5, 5.41) is 3.48. The van der Waals surface area contributed by atoms with Crippen LogP contribution in [-0.2, 0) is 11.3 Å². The maximum atomic E-state index is 5.97. The highest BCUT2D eigenvalue weighted by Crippen LogP contribution is 2.32. The Morgan fingerprint density at radius 2 is 2.00 bits per heavy atom. The fourth-order valence-corrected chi connectivity index (χ4v) is 1.99. The molecule has 1 unspecified atom stereocenters. The second-order valence-electron chi connectivity index (χ2n) is 6.16.